The molecule has 3 heterocycles. The van der Waals surface area contributed by atoms with Crippen molar-refractivity contribution in [2.24, 2.45) is 0 Å². The number of rotatable bonds is 3. The van der Waals surface area contributed by atoms with E-state index in [1.807, 2.05) is 21.8 Å². The molecule has 1 amide bonds. The number of carbonyl (C=O) groups is 1. The van der Waals surface area contributed by atoms with Crippen LogP contribution in [0.4, 0.5) is 0 Å². The lowest BCUT2D eigenvalue weighted by Gasteiger charge is -2.31. The van der Waals surface area contributed by atoms with Crippen LogP contribution in [0.3, 0.4) is 0 Å². The summed E-state index contributed by atoms with van der Waals surface area (Å²) in [5.41, 5.74) is 2.95. The fourth-order valence-electron chi connectivity index (χ4n) is 3.23. The van der Waals surface area contributed by atoms with Gasteiger partial charge in [0.15, 0.2) is 0 Å². The molecule has 1 aliphatic rings. The van der Waals surface area contributed by atoms with Crippen molar-refractivity contribution in [2.75, 3.05) is 13.1 Å². The first kappa shape index (κ1) is 15.6. The lowest BCUT2D eigenvalue weighted by molar-refractivity contribution is -0.129. The second-order valence-electron chi connectivity index (χ2n) is 6.33. The Morgan fingerprint density at radius 2 is 1.87 bits per heavy atom. The van der Waals surface area contributed by atoms with E-state index >= 15 is 0 Å². The van der Waals surface area contributed by atoms with Crippen LogP contribution in [0.2, 0.25) is 0 Å². The summed E-state index contributed by atoms with van der Waals surface area (Å²) in [4.78, 5) is 22.6. The minimum Gasteiger partial charge on any atom is -0.343 e. The summed E-state index contributed by atoms with van der Waals surface area (Å²) in [5, 5.41) is 4.41. The Bertz CT molecular complexity index is 686. The van der Waals surface area contributed by atoms with Crippen LogP contribution < -0.4 is 0 Å². The summed E-state index contributed by atoms with van der Waals surface area (Å²) in [6.07, 6.45) is 7.17. The highest BCUT2D eigenvalue weighted by atomic mass is 16.2. The molecule has 0 atom stereocenters. The normalized spacial score (nSPS) is 16.1. The molecule has 0 aromatic carbocycles. The van der Waals surface area contributed by atoms with Crippen molar-refractivity contribution in [1.82, 2.24) is 24.6 Å². The van der Waals surface area contributed by atoms with Crippen LogP contribution in [-0.4, -0.2) is 43.6 Å². The van der Waals surface area contributed by atoms with E-state index in [9.17, 15) is 4.79 Å². The monoisotopic (exact) mass is 313 g/mol. The van der Waals surface area contributed by atoms with E-state index in [-0.39, 0.29) is 11.9 Å². The Balaban J connectivity index is 1.90. The van der Waals surface area contributed by atoms with E-state index < -0.39 is 0 Å². The number of nitrogens with zero attached hydrogens (tertiary/aromatic N) is 5. The smallest absolute Gasteiger partial charge is 0.219 e. The fraction of sp³-hybridized carbons (Fsp3) is 0.529. The minimum atomic E-state index is 0.153. The molecule has 0 radical (unpaired) electrons. The maximum Gasteiger partial charge on any atom is 0.219 e. The van der Waals surface area contributed by atoms with E-state index in [0.29, 0.717) is 5.92 Å². The summed E-state index contributed by atoms with van der Waals surface area (Å²) in [7, 11) is 0. The van der Waals surface area contributed by atoms with Gasteiger partial charge in [-0.3, -0.25) is 19.4 Å². The average molecular weight is 313 g/mol. The van der Waals surface area contributed by atoms with E-state index in [2.05, 4.69) is 28.9 Å². The number of hydrogen-bond donors (Lipinski definition) is 0. The SMILES string of the molecule is CC(=O)N1CCC(c2nccnc2-c2ccnn2C(C)C)CC1. The summed E-state index contributed by atoms with van der Waals surface area (Å²) in [5.74, 6) is 0.491. The van der Waals surface area contributed by atoms with Crippen LogP contribution in [0.25, 0.3) is 11.4 Å². The van der Waals surface area contributed by atoms with Gasteiger partial charge < -0.3 is 4.90 Å². The Hall–Kier alpha value is -2.24. The molecule has 1 saturated heterocycles. The summed E-state index contributed by atoms with van der Waals surface area (Å²) >= 11 is 0. The van der Waals surface area contributed by atoms with Crippen molar-refractivity contribution >= 4 is 5.91 Å². The standard InChI is InChI=1S/C17H23N5O/c1-12(2)22-15(4-7-20-22)17-16(18-8-9-19-17)14-5-10-21(11-6-14)13(3)23/h4,7-9,12,14H,5-6,10-11H2,1-3H3. The molecule has 0 bridgehead atoms. The van der Waals surface area contributed by atoms with Crippen molar-refractivity contribution in [3.05, 3.63) is 30.4 Å². The second-order valence-corrected chi connectivity index (χ2v) is 6.33. The second kappa shape index (κ2) is 6.48. The molecule has 23 heavy (non-hydrogen) atoms. The van der Waals surface area contributed by atoms with Gasteiger partial charge in [0.1, 0.15) is 5.69 Å². The molecule has 0 unspecified atom stereocenters. The third-order valence-corrected chi connectivity index (χ3v) is 4.46. The Labute approximate surface area is 136 Å². The first-order valence-electron chi connectivity index (χ1n) is 8.18. The summed E-state index contributed by atoms with van der Waals surface area (Å²) in [6, 6.07) is 2.27. The molecule has 122 valence electrons. The molecule has 3 rings (SSSR count). The molecule has 0 N–H and O–H groups in total. The molecule has 6 nitrogen and oxygen atoms in total. The van der Waals surface area contributed by atoms with Gasteiger partial charge in [-0.15, -0.1) is 0 Å². The van der Waals surface area contributed by atoms with Crippen molar-refractivity contribution in [3.63, 3.8) is 0 Å². The highest BCUT2D eigenvalue weighted by molar-refractivity contribution is 5.73. The molecule has 0 saturated carbocycles. The van der Waals surface area contributed by atoms with Gasteiger partial charge in [0, 0.05) is 50.6 Å². The quantitative estimate of drug-likeness (QED) is 0.874. The zero-order valence-electron chi connectivity index (χ0n) is 13.9. The van der Waals surface area contributed by atoms with Crippen molar-refractivity contribution in [2.45, 2.75) is 45.6 Å². The third-order valence-electron chi connectivity index (χ3n) is 4.46. The van der Waals surface area contributed by atoms with Gasteiger partial charge in [-0.25, -0.2) is 0 Å². The van der Waals surface area contributed by atoms with Gasteiger partial charge in [-0.1, -0.05) is 0 Å². The largest absolute Gasteiger partial charge is 0.343 e. The Morgan fingerprint density at radius 1 is 1.17 bits per heavy atom. The topological polar surface area (TPSA) is 63.9 Å². The number of aromatic nitrogens is 4. The van der Waals surface area contributed by atoms with Crippen LogP contribution in [-0.2, 0) is 4.79 Å². The van der Waals surface area contributed by atoms with Crippen molar-refractivity contribution in [3.8, 4) is 11.4 Å². The first-order chi connectivity index (χ1) is 11.1. The lowest BCUT2D eigenvalue weighted by Crippen LogP contribution is -2.36. The number of hydrogen-bond acceptors (Lipinski definition) is 4. The molecule has 2 aromatic heterocycles. The van der Waals surface area contributed by atoms with Crippen molar-refractivity contribution in [1.29, 1.82) is 0 Å². The van der Waals surface area contributed by atoms with Crippen LogP contribution in [0.1, 0.15) is 51.3 Å². The van der Waals surface area contributed by atoms with E-state index in [0.717, 1.165) is 43.0 Å². The third kappa shape index (κ3) is 3.11. The van der Waals surface area contributed by atoms with Crippen LogP contribution in [0.15, 0.2) is 24.7 Å². The van der Waals surface area contributed by atoms with E-state index in [1.54, 1.807) is 19.3 Å². The number of amides is 1. The van der Waals surface area contributed by atoms with E-state index in [1.165, 1.54) is 0 Å². The zero-order chi connectivity index (χ0) is 16.4. The molecule has 6 heteroatoms. The predicted octanol–water partition coefficient (Wildman–Crippen LogP) is 2.65. The van der Waals surface area contributed by atoms with Gasteiger partial charge in [-0.2, -0.15) is 5.10 Å². The van der Waals surface area contributed by atoms with Crippen molar-refractivity contribution < 1.29 is 4.79 Å². The Morgan fingerprint density at radius 3 is 2.52 bits per heavy atom. The van der Waals surface area contributed by atoms with Crippen LogP contribution in [0.5, 0.6) is 0 Å². The summed E-state index contributed by atoms with van der Waals surface area (Å²) < 4.78 is 1.98. The highest BCUT2D eigenvalue weighted by Gasteiger charge is 2.26. The van der Waals surface area contributed by atoms with E-state index in [4.69, 9.17) is 0 Å². The van der Waals surface area contributed by atoms with Gasteiger partial charge in [0.05, 0.1) is 11.4 Å². The fourth-order valence-corrected chi connectivity index (χ4v) is 3.23. The summed E-state index contributed by atoms with van der Waals surface area (Å²) in [6.45, 7) is 7.43. The average Bonchev–Trinajstić information content (AvgIpc) is 3.05. The maximum atomic E-state index is 11.5. The molecular formula is C17H23N5O. The number of piperidine rings is 1. The van der Waals surface area contributed by atoms with Crippen LogP contribution >= 0.6 is 0 Å². The molecular weight excluding hydrogens is 290 g/mol. The molecule has 0 aliphatic carbocycles. The van der Waals surface area contributed by atoms with Gasteiger partial charge in [-0.05, 0) is 32.8 Å². The predicted molar refractivity (Wildman–Crippen MR) is 87.9 cm³/mol. The molecule has 1 fully saturated rings. The Kier molecular flexibility index (Phi) is 4.41. The van der Waals surface area contributed by atoms with Gasteiger partial charge in [0.2, 0.25) is 5.91 Å². The zero-order valence-corrected chi connectivity index (χ0v) is 13.9. The van der Waals surface area contributed by atoms with Crippen LogP contribution in [0, 0.1) is 0 Å². The highest BCUT2D eigenvalue weighted by Crippen LogP contribution is 2.33. The van der Waals surface area contributed by atoms with Gasteiger partial charge in [0.25, 0.3) is 0 Å². The first-order valence-corrected chi connectivity index (χ1v) is 8.18. The lowest BCUT2D eigenvalue weighted by atomic mass is 9.91. The molecule has 0 spiro atoms. The molecule has 2 aromatic rings. The number of carbonyl (C=O) groups excluding carboxylic acids is 1. The maximum absolute atomic E-state index is 11.5. The number of likely N-dealkylation sites (tertiary alicyclic amines) is 1. The minimum absolute atomic E-state index is 0.153. The molecule has 1 aliphatic heterocycles. The van der Waals surface area contributed by atoms with Gasteiger partial charge >= 0.3 is 0 Å².